The molecule has 8 nitrogen and oxygen atoms in total. The van der Waals surface area contributed by atoms with Gasteiger partial charge < -0.3 is 10.2 Å². The Kier molecular flexibility index (Phi) is 6.45. The third-order valence-corrected chi connectivity index (χ3v) is 6.23. The lowest BCUT2D eigenvalue weighted by molar-refractivity contribution is -0.117. The van der Waals surface area contributed by atoms with Crippen LogP contribution in [0, 0.1) is 6.92 Å². The van der Waals surface area contributed by atoms with Gasteiger partial charge in [-0.3, -0.25) is 18.7 Å². The SMILES string of the molecule is CC(=O)c1cccc(N(CC(=O)Nc2ccc(C)c(N3CCCC3=O)c2)S(C)(=O)=O)c1. The zero-order valence-electron chi connectivity index (χ0n) is 17.7. The lowest BCUT2D eigenvalue weighted by Gasteiger charge is -2.23. The normalized spacial score (nSPS) is 13.9. The van der Waals surface area contributed by atoms with Crippen molar-refractivity contribution in [3.05, 3.63) is 53.6 Å². The first kappa shape index (κ1) is 22.5. The summed E-state index contributed by atoms with van der Waals surface area (Å²) in [5, 5.41) is 2.71. The Morgan fingerprint density at radius 3 is 2.52 bits per heavy atom. The molecule has 164 valence electrons. The molecule has 31 heavy (non-hydrogen) atoms. The van der Waals surface area contributed by atoms with Gasteiger partial charge in [0.25, 0.3) is 0 Å². The molecule has 0 aromatic heterocycles. The van der Waals surface area contributed by atoms with Crippen LogP contribution in [0.15, 0.2) is 42.5 Å². The average molecular weight is 444 g/mol. The number of sulfonamides is 1. The highest BCUT2D eigenvalue weighted by Crippen LogP contribution is 2.28. The molecule has 0 aliphatic carbocycles. The predicted molar refractivity (Wildman–Crippen MR) is 120 cm³/mol. The van der Waals surface area contributed by atoms with E-state index in [9.17, 15) is 22.8 Å². The molecule has 1 saturated heterocycles. The average Bonchev–Trinajstić information content (AvgIpc) is 3.12. The van der Waals surface area contributed by atoms with Crippen molar-refractivity contribution in [2.24, 2.45) is 0 Å². The van der Waals surface area contributed by atoms with E-state index in [2.05, 4.69) is 5.32 Å². The molecule has 1 heterocycles. The molecule has 2 amide bonds. The number of carbonyl (C=O) groups excluding carboxylic acids is 3. The van der Waals surface area contributed by atoms with Gasteiger partial charge in [0.2, 0.25) is 21.8 Å². The molecule has 0 atom stereocenters. The van der Waals surface area contributed by atoms with Crippen LogP contribution in [0.5, 0.6) is 0 Å². The van der Waals surface area contributed by atoms with Gasteiger partial charge in [-0.2, -0.15) is 0 Å². The minimum absolute atomic E-state index is 0.0418. The van der Waals surface area contributed by atoms with Gasteiger partial charge in [0.1, 0.15) is 6.54 Å². The van der Waals surface area contributed by atoms with E-state index in [0.717, 1.165) is 28.2 Å². The molecule has 2 aromatic rings. The summed E-state index contributed by atoms with van der Waals surface area (Å²) in [6.07, 6.45) is 2.29. The third kappa shape index (κ3) is 5.29. The van der Waals surface area contributed by atoms with Crippen LogP contribution in [0.2, 0.25) is 0 Å². The topological polar surface area (TPSA) is 104 Å². The largest absolute Gasteiger partial charge is 0.324 e. The smallest absolute Gasteiger partial charge is 0.245 e. The fourth-order valence-electron chi connectivity index (χ4n) is 3.49. The van der Waals surface area contributed by atoms with Crippen molar-refractivity contribution in [1.82, 2.24) is 0 Å². The van der Waals surface area contributed by atoms with Crippen LogP contribution in [0.4, 0.5) is 17.1 Å². The van der Waals surface area contributed by atoms with Gasteiger partial charge in [-0.25, -0.2) is 8.42 Å². The molecule has 1 aliphatic rings. The van der Waals surface area contributed by atoms with Crippen molar-refractivity contribution in [2.75, 3.05) is 33.9 Å². The number of nitrogens with zero attached hydrogens (tertiary/aromatic N) is 2. The minimum Gasteiger partial charge on any atom is -0.324 e. The van der Waals surface area contributed by atoms with Crippen LogP contribution in [0.3, 0.4) is 0 Å². The second kappa shape index (κ2) is 8.89. The summed E-state index contributed by atoms with van der Waals surface area (Å²) in [5.74, 6) is -0.704. The first-order valence-electron chi connectivity index (χ1n) is 9.86. The lowest BCUT2D eigenvalue weighted by Crippen LogP contribution is -2.37. The van der Waals surface area contributed by atoms with Gasteiger partial charge in [-0.15, -0.1) is 0 Å². The number of Topliss-reactive ketones (excluding diaryl/α,β-unsaturated/α-hetero) is 1. The second-order valence-corrected chi connectivity index (χ2v) is 9.48. The van der Waals surface area contributed by atoms with E-state index in [-0.39, 0.29) is 17.4 Å². The van der Waals surface area contributed by atoms with Crippen molar-refractivity contribution < 1.29 is 22.8 Å². The van der Waals surface area contributed by atoms with E-state index in [1.807, 2.05) is 6.92 Å². The number of benzene rings is 2. The van der Waals surface area contributed by atoms with Crippen LogP contribution in [0.25, 0.3) is 0 Å². The maximum atomic E-state index is 12.7. The Morgan fingerprint density at radius 2 is 1.90 bits per heavy atom. The summed E-state index contributed by atoms with van der Waals surface area (Å²) in [6, 6.07) is 11.4. The highest BCUT2D eigenvalue weighted by Gasteiger charge is 2.24. The van der Waals surface area contributed by atoms with Gasteiger partial charge in [0.15, 0.2) is 5.78 Å². The number of hydrogen-bond donors (Lipinski definition) is 1. The molecule has 2 aromatic carbocycles. The molecular formula is C22H25N3O5S. The minimum atomic E-state index is -3.77. The molecule has 1 N–H and O–H groups in total. The van der Waals surface area contributed by atoms with Crippen LogP contribution in [-0.4, -0.2) is 45.4 Å². The number of carbonyl (C=O) groups is 3. The molecule has 0 radical (unpaired) electrons. The molecule has 0 bridgehead atoms. The van der Waals surface area contributed by atoms with Crippen LogP contribution in [-0.2, 0) is 19.6 Å². The van der Waals surface area contributed by atoms with Gasteiger partial charge in [-0.05, 0) is 50.1 Å². The molecule has 0 unspecified atom stereocenters. The zero-order valence-corrected chi connectivity index (χ0v) is 18.5. The monoisotopic (exact) mass is 443 g/mol. The van der Waals surface area contributed by atoms with Crippen molar-refractivity contribution in [3.63, 3.8) is 0 Å². The maximum absolute atomic E-state index is 12.7. The summed E-state index contributed by atoms with van der Waals surface area (Å²) in [7, 11) is -3.77. The zero-order chi connectivity index (χ0) is 22.8. The summed E-state index contributed by atoms with van der Waals surface area (Å²) < 4.78 is 25.6. The van der Waals surface area contributed by atoms with E-state index in [0.29, 0.717) is 24.2 Å². The van der Waals surface area contributed by atoms with Gasteiger partial charge >= 0.3 is 0 Å². The van der Waals surface area contributed by atoms with Gasteiger partial charge in [-0.1, -0.05) is 18.2 Å². The molecule has 1 fully saturated rings. The standard InChI is InChI=1S/C22H25N3O5S/c1-15-9-10-18(13-20(15)24-11-5-8-22(24)28)23-21(27)14-25(31(3,29)30)19-7-4-6-17(12-19)16(2)26/h4,6-7,9-10,12-13H,5,8,11,14H2,1-3H3,(H,23,27). The van der Waals surface area contributed by atoms with E-state index < -0.39 is 22.5 Å². The highest BCUT2D eigenvalue weighted by molar-refractivity contribution is 7.92. The maximum Gasteiger partial charge on any atom is 0.245 e. The number of rotatable bonds is 7. The lowest BCUT2D eigenvalue weighted by atomic mass is 10.1. The number of anilines is 3. The number of hydrogen-bond acceptors (Lipinski definition) is 5. The molecule has 9 heteroatoms. The predicted octanol–water partition coefficient (Wildman–Crippen LogP) is 2.73. The summed E-state index contributed by atoms with van der Waals surface area (Å²) in [4.78, 5) is 38.1. The van der Waals surface area contributed by atoms with Gasteiger partial charge in [0.05, 0.1) is 11.9 Å². The molecule has 1 aliphatic heterocycles. The summed E-state index contributed by atoms with van der Waals surface area (Å²) in [5.41, 5.74) is 2.69. The van der Waals surface area contributed by atoms with E-state index >= 15 is 0 Å². The quantitative estimate of drug-likeness (QED) is 0.663. The van der Waals surface area contributed by atoms with Crippen LogP contribution < -0.4 is 14.5 Å². The van der Waals surface area contributed by atoms with Crippen molar-refractivity contribution >= 4 is 44.7 Å². The number of nitrogens with one attached hydrogen (secondary N) is 1. The van der Waals surface area contributed by atoms with E-state index in [1.165, 1.54) is 19.1 Å². The van der Waals surface area contributed by atoms with Crippen molar-refractivity contribution in [2.45, 2.75) is 26.7 Å². The Balaban J connectivity index is 1.82. The number of aryl methyl sites for hydroxylation is 1. The van der Waals surface area contributed by atoms with Crippen molar-refractivity contribution in [1.29, 1.82) is 0 Å². The molecule has 0 saturated carbocycles. The van der Waals surface area contributed by atoms with Crippen LogP contribution in [0.1, 0.15) is 35.7 Å². The van der Waals surface area contributed by atoms with Gasteiger partial charge in [0, 0.05) is 29.9 Å². The molecular weight excluding hydrogens is 418 g/mol. The molecule has 0 spiro atoms. The number of amides is 2. The van der Waals surface area contributed by atoms with E-state index in [4.69, 9.17) is 0 Å². The Hall–Kier alpha value is -3.20. The summed E-state index contributed by atoms with van der Waals surface area (Å²) >= 11 is 0. The molecule has 3 rings (SSSR count). The first-order valence-corrected chi connectivity index (χ1v) is 11.7. The fraction of sp³-hybridized carbons (Fsp3) is 0.318. The number of ketones is 1. The first-order chi connectivity index (χ1) is 14.6. The fourth-order valence-corrected chi connectivity index (χ4v) is 4.34. The van der Waals surface area contributed by atoms with Crippen molar-refractivity contribution in [3.8, 4) is 0 Å². The Labute approximate surface area is 181 Å². The summed E-state index contributed by atoms with van der Waals surface area (Å²) in [6.45, 7) is 3.45. The second-order valence-electron chi connectivity index (χ2n) is 7.57. The Bertz CT molecular complexity index is 1140. The van der Waals surface area contributed by atoms with Crippen LogP contribution >= 0.6 is 0 Å². The highest BCUT2D eigenvalue weighted by atomic mass is 32.2. The Morgan fingerprint density at radius 1 is 1.16 bits per heavy atom. The third-order valence-electron chi connectivity index (χ3n) is 5.09. The van der Waals surface area contributed by atoms with E-state index in [1.54, 1.807) is 35.2 Å².